The van der Waals surface area contributed by atoms with Gasteiger partial charge in [-0.1, -0.05) is 0 Å². The monoisotopic (exact) mass is 236 g/mol. The number of nitrogens with zero attached hydrogens (tertiary/aromatic N) is 1. The number of anilines is 1. The summed E-state index contributed by atoms with van der Waals surface area (Å²) in [7, 11) is 1.90. The molecule has 0 amide bonds. The molecular formula is C12H17FN4. The summed E-state index contributed by atoms with van der Waals surface area (Å²) in [6.45, 7) is 2.52. The number of nitrogens with two attached hydrogens (primary N) is 2. The van der Waals surface area contributed by atoms with Crippen LogP contribution in [0.1, 0.15) is 12.5 Å². The molecule has 0 aliphatic carbocycles. The second-order valence-electron chi connectivity index (χ2n) is 4.70. The van der Waals surface area contributed by atoms with Crippen molar-refractivity contribution in [1.82, 2.24) is 10.2 Å². The lowest BCUT2D eigenvalue weighted by Gasteiger charge is -2.40. The molecule has 5 N–H and O–H groups in total. The molecule has 92 valence electrons. The minimum atomic E-state index is -0.576. The van der Waals surface area contributed by atoms with Gasteiger partial charge in [0.2, 0.25) is 0 Å². The highest BCUT2D eigenvalue weighted by atomic mass is 19.1. The molecule has 1 aromatic carbocycles. The topological polar surface area (TPSA) is 67.3 Å². The van der Waals surface area contributed by atoms with E-state index in [9.17, 15) is 4.39 Å². The summed E-state index contributed by atoms with van der Waals surface area (Å²) in [4.78, 5) is 1.93. The molecule has 0 saturated heterocycles. The molecule has 0 fully saturated rings. The predicted octanol–water partition coefficient (Wildman–Crippen LogP) is 0.916. The van der Waals surface area contributed by atoms with Crippen LogP contribution in [-0.4, -0.2) is 18.5 Å². The van der Waals surface area contributed by atoms with Crippen LogP contribution in [0, 0.1) is 5.82 Å². The molecule has 0 spiro atoms. The van der Waals surface area contributed by atoms with Crippen LogP contribution in [0.15, 0.2) is 30.2 Å². The van der Waals surface area contributed by atoms with Crippen molar-refractivity contribution in [2.45, 2.75) is 12.5 Å². The van der Waals surface area contributed by atoms with Gasteiger partial charge in [0.1, 0.15) is 11.6 Å². The SMILES string of the molecule is CN1C=C(N)NC(C)(c2cc(N)ccc2F)C1. The summed E-state index contributed by atoms with van der Waals surface area (Å²) in [6, 6.07) is 4.58. The summed E-state index contributed by atoms with van der Waals surface area (Å²) >= 11 is 0. The number of nitrogen functional groups attached to an aromatic ring is 1. The normalized spacial score (nSPS) is 24.2. The van der Waals surface area contributed by atoms with Gasteiger partial charge in [0.15, 0.2) is 0 Å². The van der Waals surface area contributed by atoms with Crippen LogP contribution in [0.3, 0.4) is 0 Å². The lowest BCUT2D eigenvalue weighted by atomic mass is 9.89. The van der Waals surface area contributed by atoms with Crippen molar-refractivity contribution >= 4 is 5.69 Å². The Labute approximate surface area is 100 Å². The van der Waals surface area contributed by atoms with E-state index in [1.54, 1.807) is 18.3 Å². The molecule has 0 bridgehead atoms. The van der Waals surface area contributed by atoms with E-state index in [0.29, 0.717) is 23.6 Å². The number of hydrogen-bond donors (Lipinski definition) is 3. The van der Waals surface area contributed by atoms with Crippen LogP contribution in [-0.2, 0) is 5.54 Å². The molecule has 1 atom stereocenters. The molecule has 1 unspecified atom stereocenters. The van der Waals surface area contributed by atoms with Gasteiger partial charge < -0.3 is 21.7 Å². The minimum absolute atomic E-state index is 0.280. The largest absolute Gasteiger partial charge is 0.399 e. The van der Waals surface area contributed by atoms with Crippen LogP contribution < -0.4 is 16.8 Å². The van der Waals surface area contributed by atoms with E-state index < -0.39 is 5.54 Å². The van der Waals surface area contributed by atoms with Gasteiger partial charge in [0, 0.05) is 31.0 Å². The first-order valence-electron chi connectivity index (χ1n) is 5.42. The molecule has 1 aliphatic heterocycles. The maximum Gasteiger partial charge on any atom is 0.128 e. The maximum absolute atomic E-state index is 13.9. The number of likely N-dealkylation sites (N-methyl/N-ethyl adjacent to an activating group) is 1. The predicted molar refractivity (Wildman–Crippen MR) is 66.2 cm³/mol. The van der Waals surface area contributed by atoms with E-state index in [1.165, 1.54) is 6.07 Å². The van der Waals surface area contributed by atoms with Crippen LogP contribution in [0.4, 0.5) is 10.1 Å². The van der Waals surface area contributed by atoms with Gasteiger partial charge in [-0.15, -0.1) is 0 Å². The quantitative estimate of drug-likeness (QED) is 0.634. The molecule has 1 heterocycles. The molecule has 1 aromatic rings. The van der Waals surface area contributed by atoms with Gasteiger partial charge in [-0.05, 0) is 25.1 Å². The second kappa shape index (κ2) is 3.84. The fourth-order valence-corrected chi connectivity index (χ4v) is 2.29. The van der Waals surface area contributed by atoms with Crippen LogP contribution in [0.25, 0.3) is 0 Å². The number of rotatable bonds is 1. The summed E-state index contributed by atoms with van der Waals surface area (Å²) in [6.07, 6.45) is 1.78. The highest BCUT2D eigenvalue weighted by molar-refractivity contribution is 5.44. The highest BCUT2D eigenvalue weighted by Crippen LogP contribution is 2.29. The average molecular weight is 236 g/mol. The van der Waals surface area contributed by atoms with Crippen molar-refractivity contribution in [1.29, 1.82) is 0 Å². The molecule has 17 heavy (non-hydrogen) atoms. The van der Waals surface area contributed by atoms with Gasteiger partial charge in [-0.2, -0.15) is 0 Å². The standard InChI is InChI=1S/C12H17FN4/c1-12(7-17(2)6-11(15)16-12)9-5-8(14)3-4-10(9)13/h3-6,16H,7,14-15H2,1-2H3. The third kappa shape index (κ3) is 2.13. The Morgan fingerprint density at radius 2 is 2.12 bits per heavy atom. The number of benzene rings is 1. The number of halogens is 1. The minimum Gasteiger partial charge on any atom is -0.399 e. The van der Waals surface area contributed by atoms with E-state index in [0.717, 1.165) is 0 Å². The van der Waals surface area contributed by atoms with Crippen molar-refractivity contribution < 1.29 is 4.39 Å². The van der Waals surface area contributed by atoms with Crippen molar-refractivity contribution in [3.63, 3.8) is 0 Å². The zero-order valence-electron chi connectivity index (χ0n) is 10.00. The van der Waals surface area contributed by atoms with E-state index in [2.05, 4.69) is 5.32 Å². The van der Waals surface area contributed by atoms with Crippen molar-refractivity contribution in [3.8, 4) is 0 Å². The Balaban J connectivity index is 2.45. The van der Waals surface area contributed by atoms with Crippen LogP contribution in [0.2, 0.25) is 0 Å². The average Bonchev–Trinajstić information content (AvgIpc) is 2.19. The Morgan fingerprint density at radius 1 is 1.41 bits per heavy atom. The Hall–Kier alpha value is -1.91. The van der Waals surface area contributed by atoms with Crippen molar-refractivity contribution in [3.05, 3.63) is 41.6 Å². The van der Waals surface area contributed by atoms with Crippen molar-refractivity contribution in [2.75, 3.05) is 19.3 Å². The highest BCUT2D eigenvalue weighted by Gasteiger charge is 2.33. The summed E-state index contributed by atoms with van der Waals surface area (Å²) in [5, 5.41) is 3.11. The zero-order valence-corrected chi connectivity index (χ0v) is 10.00. The first kappa shape index (κ1) is 11.6. The second-order valence-corrected chi connectivity index (χ2v) is 4.70. The fraction of sp³-hybridized carbons (Fsp3) is 0.333. The number of hydrogen-bond acceptors (Lipinski definition) is 4. The lowest BCUT2D eigenvalue weighted by molar-refractivity contribution is 0.253. The molecule has 2 rings (SSSR count). The van der Waals surface area contributed by atoms with Gasteiger partial charge in [-0.3, -0.25) is 0 Å². The first-order chi connectivity index (χ1) is 7.90. The molecule has 5 heteroatoms. The third-order valence-corrected chi connectivity index (χ3v) is 2.93. The first-order valence-corrected chi connectivity index (χ1v) is 5.42. The molecule has 0 radical (unpaired) electrons. The van der Waals surface area contributed by atoms with E-state index in [-0.39, 0.29) is 5.82 Å². The third-order valence-electron chi connectivity index (χ3n) is 2.93. The van der Waals surface area contributed by atoms with Gasteiger partial charge in [-0.25, -0.2) is 4.39 Å². The van der Waals surface area contributed by atoms with Crippen LogP contribution in [0.5, 0.6) is 0 Å². The van der Waals surface area contributed by atoms with E-state index in [1.807, 2.05) is 18.9 Å². The number of nitrogens with one attached hydrogen (secondary N) is 1. The smallest absolute Gasteiger partial charge is 0.128 e. The molecule has 1 aliphatic rings. The Kier molecular flexibility index (Phi) is 2.61. The molecular weight excluding hydrogens is 219 g/mol. The van der Waals surface area contributed by atoms with Gasteiger partial charge >= 0.3 is 0 Å². The molecule has 0 aromatic heterocycles. The summed E-state index contributed by atoms with van der Waals surface area (Å²) in [5.74, 6) is 0.236. The zero-order chi connectivity index (χ0) is 12.6. The fourth-order valence-electron chi connectivity index (χ4n) is 2.29. The van der Waals surface area contributed by atoms with Crippen molar-refractivity contribution in [2.24, 2.45) is 5.73 Å². The molecule has 4 nitrogen and oxygen atoms in total. The van der Waals surface area contributed by atoms with E-state index in [4.69, 9.17) is 11.5 Å². The summed E-state index contributed by atoms with van der Waals surface area (Å²) < 4.78 is 13.9. The Morgan fingerprint density at radius 3 is 2.76 bits per heavy atom. The summed E-state index contributed by atoms with van der Waals surface area (Å²) in [5.41, 5.74) is 12.0. The van der Waals surface area contributed by atoms with Gasteiger partial charge in [0.05, 0.1) is 5.54 Å². The van der Waals surface area contributed by atoms with Crippen LogP contribution >= 0.6 is 0 Å². The Bertz CT molecular complexity index is 472. The van der Waals surface area contributed by atoms with E-state index >= 15 is 0 Å². The maximum atomic E-state index is 13.9. The lowest BCUT2D eigenvalue weighted by Crippen LogP contribution is -2.52. The van der Waals surface area contributed by atoms with Gasteiger partial charge in [0.25, 0.3) is 0 Å². The molecule has 0 saturated carbocycles.